The van der Waals surface area contributed by atoms with Gasteiger partial charge in [-0.2, -0.15) is 0 Å². The molecule has 1 amide bonds. The van der Waals surface area contributed by atoms with E-state index in [1.54, 1.807) is 6.20 Å². The van der Waals surface area contributed by atoms with E-state index in [1.165, 1.54) is 0 Å². The summed E-state index contributed by atoms with van der Waals surface area (Å²) in [6.07, 6.45) is 2.71. The third kappa shape index (κ3) is 6.63. The van der Waals surface area contributed by atoms with Gasteiger partial charge in [0.25, 0.3) is 0 Å². The van der Waals surface area contributed by atoms with Crippen molar-refractivity contribution in [3.8, 4) is 17.4 Å². The van der Waals surface area contributed by atoms with Crippen molar-refractivity contribution in [2.45, 2.75) is 33.2 Å². The van der Waals surface area contributed by atoms with Crippen LogP contribution in [0.4, 0.5) is 0 Å². The predicted molar refractivity (Wildman–Crippen MR) is 99.6 cm³/mol. The van der Waals surface area contributed by atoms with Crippen LogP contribution in [-0.4, -0.2) is 30.7 Å². The number of amides is 1. The van der Waals surface area contributed by atoms with Gasteiger partial charge in [-0.15, -0.1) is 0 Å². The monoisotopic (exact) mass is 358 g/mol. The number of carbonyl (C=O) groups excluding carboxylic acids is 1. The Balaban J connectivity index is 1.68. The topological polar surface area (TPSA) is 69.7 Å². The lowest BCUT2D eigenvalue weighted by atomic mass is 10.2. The number of hydrogen-bond acceptors (Lipinski definition) is 5. The Morgan fingerprint density at radius 2 is 1.77 bits per heavy atom. The van der Waals surface area contributed by atoms with E-state index < -0.39 is 0 Å². The van der Waals surface area contributed by atoms with Gasteiger partial charge in [-0.25, -0.2) is 4.98 Å². The van der Waals surface area contributed by atoms with E-state index in [9.17, 15) is 4.79 Å². The number of nitrogens with one attached hydrogen (secondary N) is 1. The van der Waals surface area contributed by atoms with Crippen LogP contribution in [0.3, 0.4) is 0 Å². The van der Waals surface area contributed by atoms with Gasteiger partial charge in [-0.3, -0.25) is 4.79 Å². The summed E-state index contributed by atoms with van der Waals surface area (Å²) < 4.78 is 16.6. The second-order valence-electron chi connectivity index (χ2n) is 5.54. The normalized spacial score (nSPS) is 10.2. The molecule has 0 saturated carbocycles. The molecular weight excluding hydrogens is 332 g/mol. The van der Waals surface area contributed by atoms with Crippen molar-refractivity contribution in [1.29, 1.82) is 0 Å². The summed E-state index contributed by atoms with van der Waals surface area (Å²) in [6, 6.07) is 11.2. The Labute approximate surface area is 154 Å². The first kappa shape index (κ1) is 19.6. The van der Waals surface area contributed by atoms with Gasteiger partial charge < -0.3 is 19.5 Å². The van der Waals surface area contributed by atoms with E-state index in [0.717, 1.165) is 11.3 Å². The molecule has 1 N–H and O–H groups in total. The van der Waals surface area contributed by atoms with Crippen LogP contribution in [-0.2, 0) is 11.3 Å². The van der Waals surface area contributed by atoms with Crippen LogP contribution < -0.4 is 19.5 Å². The molecule has 0 radical (unpaired) electrons. The molecule has 2 rings (SSSR count). The quantitative estimate of drug-likeness (QED) is 0.624. The van der Waals surface area contributed by atoms with Crippen LogP contribution in [0, 0.1) is 0 Å². The molecule has 26 heavy (non-hydrogen) atoms. The molecule has 1 aromatic carbocycles. The summed E-state index contributed by atoms with van der Waals surface area (Å²) in [5, 5.41) is 2.90. The largest absolute Gasteiger partial charge is 0.490 e. The first-order valence-electron chi connectivity index (χ1n) is 8.92. The van der Waals surface area contributed by atoms with Gasteiger partial charge in [0.2, 0.25) is 11.8 Å². The number of para-hydroxylation sites is 2. The first-order valence-corrected chi connectivity index (χ1v) is 8.92. The Kier molecular flexibility index (Phi) is 8.26. The minimum atomic E-state index is -0.0125. The number of hydrogen-bond donors (Lipinski definition) is 1. The molecule has 0 unspecified atom stereocenters. The lowest BCUT2D eigenvalue weighted by Gasteiger charge is -2.11. The molecule has 0 bridgehead atoms. The fourth-order valence-electron chi connectivity index (χ4n) is 2.34. The van der Waals surface area contributed by atoms with Gasteiger partial charge >= 0.3 is 0 Å². The Morgan fingerprint density at radius 1 is 1.04 bits per heavy atom. The average Bonchev–Trinajstić information content (AvgIpc) is 2.66. The van der Waals surface area contributed by atoms with E-state index in [4.69, 9.17) is 14.2 Å². The van der Waals surface area contributed by atoms with Gasteiger partial charge in [-0.1, -0.05) is 12.1 Å². The van der Waals surface area contributed by atoms with E-state index in [0.29, 0.717) is 50.8 Å². The summed E-state index contributed by atoms with van der Waals surface area (Å²) in [4.78, 5) is 16.1. The average molecular weight is 358 g/mol. The van der Waals surface area contributed by atoms with Gasteiger partial charge in [0.1, 0.15) is 0 Å². The molecule has 0 aliphatic carbocycles. The van der Waals surface area contributed by atoms with Crippen molar-refractivity contribution >= 4 is 5.91 Å². The summed E-state index contributed by atoms with van der Waals surface area (Å²) in [5.74, 6) is 1.99. The van der Waals surface area contributed by atoms with Crippen LogP contribution in [0.1, 0.15) is 32.3 Å². The Morgan fingerprint density at radius 3 is 2.50 bits per heavy atom. The second kappa shape index (κ2) is 11.0. The molecule has 6 heteroatoms. The minimum absolute atomic E-state index is 0.0125. The highest BCUT2D eigenvalue weighted by Gasteiger charge is 2.06. The second-order valence-corrected chi connectivity index (χ2v) is 5.54. The zero-order valence-corrected chi connectivity index (χ0v) is 15.4. The number of aromatic nitrogens is 1. The maximum atomic E-state index is 12.0. The van der Waals surface area contributed by atoms with Crippen molar-refractivity contribution in [3.63, 3.8) is 0 Å². The SMILES string of the molecule is CCOc1cc(CNC(=O)CCCOc2ccccc2OCC)ccn1. The van der Waals surface area contributed by atoms with Crippen LogP contribution in [0.5, 0.6) is 17.4 Å². The standard InChI is InChI=1S/C20H26N2O4/c1-3-24-17-8-5-6-9-18(17)26-13-7-10-19(23)22-15-16-11-12-21-20(14-16)25-4-2/h5-6,8-9,11-12,14H,3-4,7,10,13,15H2,1-2H3,(H,22,23). The van der Waals surface area contributed by atoms with Crippen LogP contribution in [0.15, 0.2) is 42.6 Å². The smallest absolute Gasteiger partial charge is 0.220 e. The lowest BCUT2D eigenvalue weighted by molar-refractivity contribution is -0.121. The predicted octanol–water partition coefficient (Wildman–Crippen LogP) is 3.35. The van der Waals surface area contributed by atoms with Crippen molar-refractivity contribution in [2.75, 3.05) is 19.8 Å². The molecular formula is C20H26N2O4. The molecule has 0 fully saturated rings. The first-order chi connectivity index (χ1) is 12.7. The Bertz CT molecular complexity index is 691. The van der Waals surface area contributed by atoms with Crippen LogP contribution >= 0.6 is 0 Å². The highest BCUT2D eigenvalue weighted by Crippen LogP contribution is 2.26. The summed E-state index contributed by atoms with van der Waals surface area (Å²) >= 11 is 0. The molecule has 2 aromatic rings. The number of nitrogens with zero attached hydrogens (tertiary/aromatic N) is 1. The zero-order valence-electron chi connectivity index (χ0n) is 15.4. The van der Waals surface area contributed by atoms with E-state index in [2.05, 4.69) is 10.3 Å². The van der Waals surface area contributed by atoms with E-state index in [1.807, 2.05) is 50.2 Å². The molecule has 0 saturated heterocycles. The molecule has 0 atom stereocenters. The number of benzene rings is 1. The third-order valence-corrected chi connectivity index (χ3v) is 3.54. The van der Waals surface area contributed by atoms with Crippen molar-refractivity contribution in [2.24, 2.45) is 0 Å². The van der Waals surface area contributed by atoms with Crippen LogP contribution in [0.25, 0.3) is 0 Å². The molecule has 1 heterocycles. The molecule has 140 valence electrons. The molecule has 0 spiro atoms. The lowest BCUT2D eigenvalue weighted by Crippen LogP contribution is -2.23. The summed E-state index contributed by atoms with van der Waals surface area (Å²) in [5.41, 5.74) is 0.957. The number of carbonyl (C=O) groups is 1. The van der Waals surface area contributed by atoms with E-state index in [-0.39, 0.29) is 5.91 Å². The zero-order chi connectivity index (χ0) is 18.6. The van der Waals surface area contributed by atoms with Gasteiger partial charge in [0, 0.05) is 25.2 Å². The molecule has 0 aliphatic heterocycles. The highest BCUT2D eigenvalue weighted by molar-refractivity contribution is 5.75. The third-order valence-electron chi connectivity index (χ3n) is 3.54. The maximum Gasteiger partial charge on any atom is 0.220 e. The van der Waals surface area contributed by atoms with Crippen molar-refractivity contribution in [1.82, 2.24) is 10.3 Å². The summed E-state index contributed by atoms with van der Waals surface area (Å²) in [7, 11) is 0. The van der Waals surface area contributed by atoms with Gasteiger partial charge in [-0.05, 0) is 44.0 Å². The molecule has 1 aromatic heterocycles. The summed E-state index contributed by atoms with van der Waals surface area (Å²) in [6.45, 7) is 5.90. The Hall–Kier alpha value is -2.76. The van der Waals surface area contributed by atoms with E-state index >= 15 is 0 Å². The van der Waals surface area contributed by atoms with Gasteiger partial charge in [0.05, 0.1) is 19.8 Å². The van der Waals surface area contributed by atoms with Gasteiger partial charge in [0.15, 0.2) is 11.5 Å². The molecule has 6 nitrogen and oxygen atoms in total. The number of pyridine rings is 1. The minimum Gasteiger partial charge on any atom is -0.490 e. The fraction of sp³-hybridized carbons (Fsp3) is 0.400. The maximum absolute atomic E-state index is 12.0. The molecule has 0 aliphatic rings. The fourth-order valence-corrected chi connectivity index (χ4v) is 2.34. The van der Waals surface area contributed by atoms with Crippen LogP contribution in [0.2, 0.25) is 0 Å². The van der Waals surface area contributed by atoms with Crippen molar-refractivity contribution in [3.05, 3.63) is 48.2 Å². The van der Waals surface area contributed by atoms with Crippen molar-refractivity contribution < 1.29 is 19.0 Å². The number of rotatable bonds is 11. The highest BCUT2D eigenvalue weighted by atomic mass is 16.5. The number of ether oxygens (including phenoxy) is 3.